The van der Waals surface area contributed by atoms with Gasteiger partial charge < -0.3 is 4.98 Å². The zero-order chi connectivity index (χ0) is 12.7. The van der Waals surface area contributed by atoms with Crippen LogP contribution in [0.3, 0.4) is 0 Å². The third-order valence-corrected chi connectivity index (χ3v) is 4.59. The van der Waals surface area contributed by atoms with E-state index in [1.54, 1.807) is 11.3 Å². The summed E-state index contributed by atoms with van der Waals surface area (Å²) < 4.78 is 1.09. The van der Waals surface area contributed by atoms with Gasteiger partial charge in [0.15, 0.2) is 5.13 Å². The maximum atomic E-state index is 12.0. The third kappa shape index (κ3) is 1.93. The molecule has 0 radical (unpaired) electrons. The quantitative estimate of drug-likeness (QED) is 0.752. The Bertz CT molecular complexity index is 675. The molecule has 3 aromatic heterocycles. The molecular formula is C12H11N3OS2. The van der Waals surface area contributed by atoms with Gasteiger partial charge >= 0.3 is 0 Å². The van der Waals surface area contributed by atoms with Crippen LogP contribution >= 0.6 is 22.7 Å². The van der Waals surface area contributed by atoms with Crippen LogP contribution in [0.5, 0.6) is 0 Å². The highest BCUT2D eigenvalue weighted by Crippen LogP contribution is 2.24. The van der Waals surface area contributed by atoms with Crippen molar-refractivity contribution in [2.24, 2.45) is 0 Å². The average Bonchev–Trinajstić information content (AvgIpc) is 2.94. The predicted molar refractivity (Wildman–Crippen MR) is 75.7 cm³/mol. The van der Waals surface area contributed by atoms with E-state index >= 15 is 0 Å². The summed E-state index contributed by atoms with van der Waals surface area (Å²) in [4.78, 5) is 20.5. The normalized spacial score (nSPS) is 11.0. The number of nitrogens with zero attached hydrogens (tertiary/aromatic N) is 1. The Morgan fingerprint density at radius 2 is 2.28 bits per heavy atom. The highest BCUT2D eigenvalue weighted by Gasteiger charge is 2.12. The summed E-state index contributed by atoms with van der Waals surface area (Å²) in [5.41, 5.74) is 2.53. The number of thiophene rings is 1. The molecule has 18 heavy (non-hydrogen) atoms. The maximum absolute atomic E-state index is 12.0. The standard InChI is InChI=1S/C12H11N3OS2/c1-6-7(2)18-12(13-6)15-11(16)9-5-10-8(14-9)3-4-17-10/h3-5,14H,1-2H3,(H,13,15,16). The van der Waals surface area contributed by atoms with Gasteiger partial charge in [-0.05, 0) is 31.4 Å². The first-order valence-corrected chi connectivity index (χ1v) is 7.14. The number of rotatable bonds is 2. The van der Waals surface area contributed by atoms with Crippen LogP contribution in [0.25, 0.3) is 10.2 Å². The second kappa shape index (κ2) is 4.22. The minimum absolute atomic E-state index is 0.146. The predicted octanol–water partition coefficient (Wildman–Crippen LogP) is 3.56. The van der Waals surface area contributed by atoms with Crippen LogP contribution in [-0.2, 0) is 0 Å². The van der Waals surface area contributed by atoms with Crippen LogP contribution in [0.1, 0.15) is 21.1 Å². The fourth-order valence-electron chi connectivity index (χ4n) is 1.66. The largest absolute Gasteiger partial charge is 0.350 e. The number of aryl methyl sites for hydroxylation is 2. The number of hydrogen-bond acceptors (Lipinski definition) is 4. The van der Waals surface area contributed by atoms with E-state index in [0.717, 1.165) is 20.8 Å². The third-order valence-electron chi connectivity index (χ3n) is 2.73. The molecule has 0 aromatic carbocycles. The van der Waals surface area contributed by atoms with E-state index in [1.807, 2.05) is 31.4 Å². The van der Waals surface area contributed by atoms with Crippen LogP contribution < -0.4 is 5.32 Å². The Morgan fingerprint density at radius 1 is 1.44 bits per heavy atom. The van der Waals surface area contributed by atoms with Gasteiger partial charge in [0.05, 0.1) is 15.9 Å². The number of fused-ring (bicyclic) bond motifs is 1. The second-order valence-electron chi connectivity index (χ2n) is 4.00. The molecule has 4 nitrogen and oxygen atoms in total. The molecule has 3 aromatic rings. The number of carbonyl (C=O) groups excluding carboxylic acids is 1. The minimum atomic E-state index is -0.146. The first-order valence-electron chi connectivity index (χ1n) is 5.45. The molecular weight excluding hydrogens is 266 g/mol. The van der Waals surface area contributed by atoms with Gasteiger partial charge in [0.2, 0.25) is 0 Å². The highest BCUT2D eigenvalue weighted by molar-refractivity contribution is 7.17. The maximum Gasteiger partial charge on any atom is 0.273 e. The number of nitrogens with one attached hydrogen (secondary N) is 2. The van der Waals surface area contributed by atoms with E-state index in [0.29, 0.717) is 10.8 Å². The first kappa shape index (κ1) is 11.4. The van der Waals surface area contributed by atoms with E-state index in [-0.39, 0.29) is 5.91 Å². The van der Waals surface area contributed by atoms with Crippen molar-refractivity contribution < 1.29 is 4.79 Å². The lowest BCUT2D eigenvalue weighted by atomic mass is 10.4. The topological polar surface area (TPSA) is 57.8 Å². The number of carbonyl (C=O) groups is 1. The van der Waals surface area contributed by atoms with Crippen molar-refractivity contribution in [2.75, 3.05) is 5.32 Å². The molecule has 0 aliphatic carbocycles. The number of anilines is 1. The highest BCUT2D eigenvalue weighted by atomic mass is 32.1. The molecule has 6 heteroatoms. The summed E-state index contributed by atoms with van der Waals surface area (Å²) in [6.45, 7) is 3.93. The fourth-order valence-corrected chi connectivity index (χ4v) is 3.25. The number of aromatic amines is 1. The molecule has 0 saturated heterocycles. The zero-order valence-electron chi connectivity index (χ0n) is 9.90. The number of H-pyrrole nitrogens is 1. The molecule has 0 spiro atoms. The van der Waals surface area contributed by atoms with Gasteiger partial charge in [-0.3, -0.25) is 10.1 Å². The van der Waals surface area contributed by atoms with E-state index in [2.05, 4.69) is 15.3 Å². The monoisotopic (exact) mass is 277 g/mol. The van der Waals surface area contributed by atoms with Crippen molar-refractivity contribution in [1.82, 2.24) is 9.97 Å². The van der Waals surface area contributed by atoms with Gasteiger partial charge in [-0.1, -0.05) is 0 Å². The molecule has 3 rings (SSSR count). The lowest BCUT2D eigenvalue weighted by Crippen LogP contribution is -2.11. The van der Waals surface area contributed by atoms with Gasteiger partial charge in [-0.2, -0.15) is 0 Å². The van der Waals surface area contributed by atoms with Crippen LogP contribution in [0.15, 0.2) is 17.5 Å². The van der Waals surface area contributed by atoms with E-state index in [9.17, 15) is 4.79 Å². The molecule has 0 aliphatic rings. The number of amides is 1. The lowest BCUT2D eigenvalue weighted by Gasteiger charge is -1.97. The summed E-state index contributed by atoms with van der Waals surface area (Å²) in [6, 6.07) is 3.83. The van der Waals surface area contributed by atoms with Crippen LogP contribution in [0, 0.1) is 13.8 Å². The summed E-state index contributed by atoms with van der Waals surface area (Å²) in [7, 11) is 0. The van der Waals surface area contributed by atoms with Gasteiger partial charge in [0, 0.05) is 4.88 Å². The van der Waals surface area contributed by atoms with Crippen LogP contribution in [0.4, 0.5) is 5.13 Å². The second-order valence-corrected chi connectivity index (χ2v) is 6.15. The van der Waals surface area contributed by atoms with Crippen molar-refractivity contribution in [2.45, 2.75) is 13.8 Å². The van der Waals surface area contributed by atoms with Gasteiger partial charge in [-0.15, -0.1) is 22.7 Å². The summed E-state index contributed by atoms with van der Waals surface area (Å²) >= 11 is 3.11. The summed E-state index contributed by atoms with van der Waals surface area (Å²) in [5.74, 6) is -0.146. The Labute approximate surface area is 112 Å². The molecule has 0 bridgehead atoms. The fraction of sp³-hybridized carbons (Fsp3) is 0.167. The lowest BCUT2D eigenvalue weighted by molar-refractivity contribution is 0.102. The summed E-state index contributed by atoms with van der Waals surface area (Å²) in [6.07, 6.45) is 0. The van der Waals surface area contributed by atoms with Crippen LogP contribution in [0.2, 0.25) is 0 Å². The smallest absolute Gasteiger partial charge is 0.273 e. The van der Waals surface area contributed by atoms with Crippen LogP contribution in [-0.4, -0.2) is 15.9 Å². The Balaban J connectivity index is 1.84. The van der Waals surface area contributed by atoms with Crippen molar-refractivity contribution >= 4 is 43.9 Å². The molecule has 3 heterocycles. The first-order chi connectivity index (χ1) is 8.63. The number of aromatic nitrogens is 2. The average molecular weight is 277 g/mol. The minimum Gasteiger partial charge on any atom is -0.350 e. The van der Waals surface area contributed by atoms with Crippen molar-refractivity contribution in [3.8, 4) is 0 Å². The van der Waals surface area contributed by atoms with E-state index < -0.39 is 0 Å². The molecule has 0 saturated carbocycles. The zero-order valence-corrected chi connectivity index (χ0v) is 11.5. The molecule has 0 fully saturated rings. The Hall–Kier alpha value is -1.66. The molecule has 0 aliphatic heterocycles. The Kier molecular flexibility index (Phi) is 2.68. The number of hydrogen-bond donors (Lipinski definition) is 2. The number of thiazole rings is 1. The SMILES string of the molecule is Cc1nc(NC(=O)c2cc3sccc3[nH]2)sc1C. The molecule has 2 N–H and O–H groups in total. The molecule has 0 atom stereocenters. The molecule has 92 valence electrons. The Morgan fingerprint density at radius 3 is 2.94 bits per heavy atom. The van der Waals surface area contributed by atoms with Crippen molar-refractivity contribution in [3.05, 3.63) is 33.8 Å². The van der Waals surface area contributed by atoms with Gasteiger partial charge in [-0.25, -0.2) is 4.98 Å². The van der Waals surface area contributed by atoms with E-state index in [4.69, 9.17) is 0 Å². The van der Waals surface area contributed by atoms with Gasteiger partial charge in [0.1, 0.15) is 5.69 Å². The van der Waals surface area contributed by atoms with Crippen molar-refractivity contribution in [1.29, 1.82) is 0 Å². The molecule has 1 amide bonds. The van der Waals surface area contributed by atoms with Crippen molar-refractivity contribution in [3.63, 3.8) is 0 Å². The van der Waals surface area contributed by atoms with E-state index in [1.165, 1.54) is 11.3 Å². The molecule has 0 unspecified atom stereocenters. The van der Waals surface area contributed by atoms with Gasteiger partial charge in [0.25, 0.3) is 5.91 Å². The summed E-state index contributed by atoms with van der Waals surface area (Å²) in [5, 5.41) is 5.46.